The van der Waals surface area contributed by atoms with Crippen LogP contribution in [0.4, 0.5) is 0 Å². The van der Waals surface area contributed by atoms with Gasteiger partial charge in [-0.05, 0) is 74.8 Å². The van der Waals surface area contributed by atoms with Gasteiger partial charge in [0.15, 0.2) is 0 Å². The molecule has 2 aromatic carbocycles. The highest BCUT2D eigenvalue weighted by atomic mass is 35.5. The van der Waals surface area contributed by atoms with Gasteiger partial charge < -0.3 is 10.1 Å². The first-order chi connectivity index (χ1) is 12.0. The molecule has 1 fully saturated rings. The summed E-state index contributed by atoms with van der Waals surface area (Å²) in [6.45, 7) is 3.71. The van der Waals surface area contributed by atoms with Gasteiger partial charge >= 0.3 is 0 Å². The highest BCUT2D eigenvalue weighted by Crippen LogP contribution is 2.26. The third-order valence-corrected chi connectivity index (χ3v) is 6.47. The van der Waals surface area contributed by atoms with Crippen LogP contribution in [0.25, 0.3) is 0 Å². The predicted molar refractivity (Wildman–Crippen MR) is 106 cm³/mol. The van der Waals surface area contributed by atoms with Gasteiger partial charge in [-0.2, -0.15) is 4.31 Å². The molecular formula is C19H25ClN2O3S. The highest BCUT2D eigenvalue weighted by molar-refractivity contribution is 7.89. The monoisotopic (exact) mass is 396 g/mol. The van der Waals surface area contributed by atoms with Crippen LogP contribution in [0.2, 0.25) is 0 Å². The Morgan fingerprint density at radius 2 is 1.69 bits per heavy atom. The van der Waals surface area contributed by atoms with E-state index in [0.29, 0.717) is 10.6 Å². The largest absolute Gasteiger partial charge is 0.457 e. The number of aryl methyl sites for hydroxylation is 1. The number of nitrogens with one attached hydrogen (secondary N) is 1. The maximum Gasteiger partial charge on any atom is 0.243 e. The summed E-state index contributed by atoms with van der Waals surface area (Å²) in [5, 5.41) is 3.26. The van der Waals surface area contributed by atoms with Gasteiger partial charge in [0, 0.05) is 13.1 Å². The molecule has 1 heterocycles. The van der Waals surface area contributed by atoms with Gasteiger partial charge in [-0.1, -0.05) is 12.1 Å². The van der Waals surface area contributed by atoms with E-state index in [2.05, 4.69) is 5.32 Å². The number of rotatable bonds is 5. The molecule has 0 radical (unpaired) electrons. The fraction of sp³-hybridized carbons (Fsp3) is 0.368. The third-order valence-electron chi connectivity index (χ3n) is 4.55. The Morgan fingerprint density at radius 1 is 1.04 bits per heavy atom. The molecule has 26 heavy (non-hydrogen) atoms. The average molecular weight is 397 g/mol. The van der Waals surface area contributed by atoms with E-state index in [4.69, 9.17) is 4.74 Å². The van der Waals surface area contributed by atoms with E-state index in [-0.39, 0.29) is 18.4 Å². The summed E-state index contributed by atoms with van der Waals surface area (Å²) in [7, 11) is -1.82. The summed E-state index contributed by atoms with van der Waals surface area (Å²) in [5.41, 5.74) is 1.11. The van der Waals surface area contributed by atoms with Crippen LogP contribution in [-0.2, 0) is 10.0 Å². The second kappa shape index (κ2) is 8.86. The van der Waals surface area contributed by atoms with Gasteiger partial charge in [-0.25, -0.2) is 8.42 Å². The lowest BCUT2D eigenvalue weighted by molar-refractivity contribution is 0.296. The predicted octanol–water partition coefficient (Wildman–Crippen LogP) is 3.58. The zero-order valence-electron chi connectivity index (χ0n) is 15.0. The Morgan fingerprint density at radius 3 is 2.31 bits per heavy atom. The van der Waals surface area contributed by atoms with Crippen LogP contribution in [0.3, 0.4) is 0 Å². The molecule has 7 heteroatoms. The zero-order valence-corrected chi connectivity index (χ0v) is 16.6. The summed E-state index contributed by atoms with van der Waals surface area (Å²) >= 11 is 0. The number of piperidine rings is 1. The molecule has 0 spiro atoms. The van der Waals surface area contributed by atoms with Gasteiger partial charge in [0.1, 0.15) is 11.5 Å². The highest BCUT2D eigenvalue weighted by Gasteiger charge is 2.28. The van der Waals surface area contributed by atoms with Gasteiger partial charge in [0.05, 0.1) is 4.90 Å². The van der Waals surface area contributed by atoms with E-state index in [0.717, 1.165) is 37.2 Å². The quantitative estimate of drug-likeness (QED) is 0.839. The van der Waals surface area contributed by atoms with Crippen LogP contribution in [0, 0.1) is 6.92 Å². The van der Waals surface area contributed by atoms with Crippen molar-refractivity contribution in [1.29, 1.82) is 0 Å². The van der Waals surface area contributed by atoms with Gasteiger partial charge in [0.2, 0.25) is 10.0 Å². The van der Waals surface area contributed by atoms with Crippen LogP contribution in [0.5, 0.6) is 11.5 Å². The number of ether oxygens (including phenoxy) is 1. The second-order valence-corrected chi connectivity index (χ2v) is 8.39. The normalized spacial score (nSPS) is 15.5. The Bertz CT molecular complexity index is 819. The van der Waals surface area contributed by atoms with Crippen molar-refractivity contribution in [2.75, 3.05) is 20.1 Å². The topological polar surface area (TPSA) is 58.6 Å². The molecule has 0 bridgehead atoms. The molecule has 1 saturated heterocycles. The minimum atomic E-state index is -3.48. The number of nitrogens with zero attached hydrogens (tertiary/aromatic N) is 1. The van der Waals surface area contributed by atoms with E-state index in [9.17, 15) is 8.42 Å². The van der Waals surface area contributed by atoms with Crippen molar-refractivity contribution in [1.82, 2.24) is 9.62 Å². The summed E-state index contributed by atoms with van der Waals surface area (Å²) < 4.78 is 32.9. The molecule has 3 rings (SSSR count). The van der Waals surface area contributed by atoms with E-state index in [1.807, 2.05) is 31.2 Å². The van der Waals surface area contributed by atoms with E-state index < -0.39 is 10.0 Å². The Hall–Kier alpha value is -1.60. The van der Waals surface area contributed by atoms with Gasteiger partial charge in [-0.15, -0.1) is 12.4 Å². The molecule has 0 aromatic heterocycles. The SMILES string of the molecule is Cc1cccc(Oc2ccc(S(=O)(=O)N(C)C3CCNCC3)cc2)c1.Cl. The van der Waals surface area contributed by atoms with Crippen molar-refractivity contribution in [3.8, 4) is 11.5 Å². The van der Waals surface area contributed by atoms with Crippen LogP contribution in [0.1, 0.15) is 18.4 Å². The van der Waals surface area contributed by atoms with E-state index in [1.165, 1.54) is 4.31 Å². The van der Waals surface area contributed by atoms with Gasteiger partial charge in [0.25, 0.3) is 0 Å². The molecule has 2 aromatic rings. The molecule has 1 aliphatic heterocycles. The molecule has 142 valence electrons. The molecular weight excluding hydrogens is 372 g/mol. The Kier molecular flexibility index (Phi) is 7.06. The third kappa shape index (κ3) is 4.76. The molecule has 0 aliphatic carbocycles. The lowest BCUT2D eigenvalue weighted by Gasteiger charge is -2.30. The molecule has 0 amide bonds. The van der Waals surface area contributed by atoms with Crippen LogP contribution >= 0.6 is 12.4 Å². The van der Waals surface area contributed by atoms with Crippen molar-refractivity contribution < 1.29 is 13.2 Å². The molecule has 0 unspecified atom stereocenters. The van der Waals surface area contributed by atoms with Gasteiger partial charge in [-0.3, -0.25) is 0 Å². The number of benzene rings is 2. The Balaban J connectivity index is 0.00000243. The zero-order chi connectivity index (χ0) is 17.9. The first-order valence-corrected chi connectivity index (χ1v) is 9.94. The lowest BCUT2D eigenvalue weighted by Crippen LogP contribution is -2.43. The molecule has 0 atom stereocenters. The molecule has 0 saturated carbocycles. The minimum Gasteiger partial charge on any atom is -0.457 e. The Labute approximate surface area is 161 Å². The number of hydrogen-bond donors (Lipinski definition) is 1. The van der Waals surface area contributed by atoms with Crippen LogP contribution in [-0.4, -0.2) is 38.9 Å². The van der Waals surface area contributed by atoms with E-state index in [1.54, 1.807) is 31.3 Å². The first-order valence-electron chi connectivity index (χ1n) is 8.50. The fourth-order valence-corrected chi connectivity index (χ4v) is 4.44. The number of halogens is 1. The lowest BCUT2D eigenvalue weighted by atomic mass is 10.1. The summed E-state index contributed by atoms with van der Waals surface area (Å²) in [5.74, 6) is 1.36. The fourth-order valence-electron chi connectivity index (χ4n) is 3.03. The second-order valence-electron chi connectivity index (χ2n) is 6.39. The van der Waals surface area contributed by atoms with Crippen molar-refractivity contribution in [2.45, 2.75) is 30.7 Å². The summed E-state index contributed by atoms with van der Waals surface area (Å²) in [6, 6.07) is 14.4. The van der Waals surface area contributed by atoms with Crippen LogP contribution in [0.15, 0.2) is 53.4 Å². The molecule has 1 aliphatic rings. The number of hydrogen-bond acceptors (Lipinski definition) is 4. The van der Waals surface area contributed by atoms with Crippen molar-refractivity contribution in [3.05, 3.63) is 54.1 Å². The molecule has 1 N–H and O–H groups in total. The standard InChI is InChI=1S/C19H24N2O3S.ClH/c1-15-4-3-5-18(14-15)24-17-6-8-19(9-7-17)25(22,23)21(2)16-10-12-20-13-11-16;/h3-9,14,16,20H,10-13H2,1-2H3;1H. The maximum atomic E-state index is 12.8. The van der Waals surface area contributed by atoms with Crippen molar-refractivity contribution in [2.24, 2.45) is 0 Å². The van der Waals surface area contributed by atoms with Crippen molar-refractivity contribution in [3.63, 3.8) is 0 Å². The minimum absolute atomic E-state index is 0. The smallest absolute Gasteiger partial charge is 0.243 e. The summed E-state index contributed by atoms with van der Waals surface area (Å²) in [4.78, 5) is 0.296. The molecule has 5 nitrogen and oxygen atoms in total. The number of sulfonamides is 1. The maximum absolute atomic E-state index is 12.8. The van der Waals surface area contributed by atoms with Crippen molar-refractivity contribution >= 4 is 22.4 Å². The summed E-state index contributed by atoms with van der Waals surface area (Å²) in [6.07, 6.45) is 1.68. The first kappa shape index (κ1) is 20.7. The van der Waals surface area contributed by atoms with Crippen LogP contribution < -0.4 is 10.1 Å². The van der Waals surface area contributed by atoms with E-state index >= 15 is 0 Å². The average Bonchev–Trinajstić information content (AvgIpc) is 2.62.